The molecule has 0 amide bonds. The zero-order valence-electron chi connectivity index (χ0n) is 11.3. The fourth-order valence-electron chi connectivity index (χ4n) is 1.99. The summed E-state index contributed by atoms with van der Waals surface area (Å²) in [6.45, 7) is 0.734. The molecule has 3 aromatic rings. The minimum absolute atomic E-state index is 0.734. The third kappa shape index (κ3) is 3.28. The van der Waals surface area contributed by atoms with Crippen LogP contribution in [-0.2, 0) is 6.54 Å². The van der Waals surface area contributed by atoms with Crippen molar-refractivity contribution in [1.82, 2.24) is 4.98 Å². The van der Waals surface area contributed by atoms with Crippen molar-refractivity contribution in [3.05, 3.63) is 51.6 Å². The summed E-state index contributed by atoms with van der Waals surface area (Å²) in [5.74, 6) is 1.53. The Morgan fingerprint density at radius 1 is 1.38 bits per heavy atom. The van der Waals surface area contributed by atoms with Crippen LogP contribution in [0.25, 0.3) is 11.3 Å². The molecular formula is C15H13BrN2O2S. The van der Waals surface area contributed by atoms with Gasteiger partial charge in [0, 0.05) is 12.1 Å². The number of hydrogen-bond acceptors (Lipinski definition) is 5. The largest absolute Gasteiger partial charge is 0.495 e. The standard InChI is InChI=1S/C15H13BrN2O2S/c1-19-13-3-2-11(14-7-17-9-20-14)5-12(13)18-6-10-4-15(16)21-8-10/h2-5,7-9,18H,6H2,1H3. The van der Waals surface area contributed by atoms with E-state index < -0.39 is 0 Å². The second kappa shape index (κ2) is 6.32. The first-order valence-corrected chi connectivity index (χ1v) is 7.97. The zero-order valence-corrected chi connectivity index (χ0v) is 13.7. The van der Waals surface area contributed by atoms with E-state index in [1.807, 2.05) is 18.2 Å². The van der Waals surface area contributed by atoms with Crippen molar-refractivity contribution in [2.24, 2.45) is 0 Å². The van der Waals surface area contributed by atoms with Crippen molar-refractivity contribution in [3.63, 3.8) is 0 Å². The van der Waals surface area contributed by atoms with Gasteiger partial charge in [0.05, 0.1) is 22.8 Å². The Morgan fingerprint density at radius 3 is 2.95 bits per heavy atom. The van der Waals surface area contributed by atoms with Crippen LogP contribution in [-0.4, -0.2) is 12.1 Å². The molecule has 0 unspecified atom stereocenters. The van der Waals surface area contributed by atoms with Gasteiger partial charge in [0.1, 0.15) is 5.75 Å². The molecule has 108 valence electrons. The van der Waals surface area contributed by atoms with Crippen LogP contribution in [0.3, 0.4) is 0 Å². The maximum atomic E-state index is 5.40. The van der Waals surface area contributed by atoms with Crippen molar-refractivity contribution in [2.75, 3.05) is 12.4 Å². The molecule has 0 saturated carbocycles. The molecule has 1 aromatic carbocycles. The fraction of sp³-hybridized carbons (Fsp3) is 0.133. The van der Waals surface area contributed by atoms with Crippen LogP contribution in [0.1, 0.15) is 5.56 Å². The van der Waals surface area contributed by atoms with E-state index in [0.717, 1.165) is 33.1 Å². The van der Waals surface area contributed by atoms with Crippen LogP contribution < -0.4 is 10.1 Å². The van der Waals surface area contributed by atoms with E-state index in [2.05, 4.69) is 37.7 Å². The molecule has 0 bridgehead atoms. The van der Waals surface area contributed by atoms with Crippen LogP contribution in [0, 0.1) is 0 Å². The Labute approximate surface area is 134 Å². The lowest BCUT2D eigenvalue weighted by Gasteiger charge is -2.11. The SMILES string of the molecule is COc1ccc(-c2cnco2)cc1NCc1csc(Br)c1. The highest BCUT2D eigenvalue weighted by atomic mass is 79.9. The molecule has 0 aliphatic carbocycles. The van der Waals surface area contributed by atoms with Gasteiger partial charge < -0.3 is 14.5 Å². The first kappa shape index (κ1) is 14.2. The highest BCUT2D eigenvalue weighted by molar-refractivity contribution is 9.11. The molecule has 21 heavy (non-hydrogen) atoms. The molecule has 3 rings (SSSR count). The van der Waals surface area contributed by atoms with Crippen molar-refractivity contribution in [1.29, 1.82) is 0 Å². The number of halogens is 1. The van der Waals surface area contributed by atoms with Gasteiger partial charge in [-0.1, -0.05) is 0 Å². The third-order valence-corrected chi connectivity index (χ3v) is 4.57. The lowest BCUT2D eigenvalue weighted by atomic mass is 10.1. The van der Waals surface area contributed by atoms with Gasteiger partial charge in [-0.3, -0.25) is 0 Å². The number of hydrogen-bond donors (Lipinski definition) is 1. The van der Waals surface area contributed by atoms with Crippen LogP contribution in [0.15, 0.2) is 50.4 Å². The van der Waals surface area contributed by atoms with E-state index in [9.17, 15) is 0 Å². The third-order valence-electron chi connectivity index (χ3n) is 3.02. The number of rotatable bonds is 5. The Bertz CT molecular complexity index is 725. The minimum atomic E-state index is 0.734. The lowest BCUT2D eigenvalue weighted by molar-refractivity contribution is 0.416. The molecular weight excluding hydrogens is 352 g/mol. The molecule has 6 heteroatoms. The van der Waals surface area contributed by atoms with Crippen LogP contribution in [0.4, 0.5) is 5.69 Å². The van der Waals surface area contributed by atoms with Crippen LogP contribution >= 0.6 is 27.3 Å². The molecule has 2 aromatic heterocycles. The molecule has 0 aliphatic rings. The smallest absolute Gasteiger partial charge is 0.181 e. The number of oxazole rings is 1. The van der Waals surface area contributed by atoms with Gasteiger partial charge in [-0.25, -0.2) is 4.98 Å². The van der Waals surface area contributed by atoms with Gasteiger partial charge >= 0.3 is 0 Å². The highest BCUT2D eigenvalue weighted by Gasteiger charge is 2.08. The topological polar surface area (TPSA) is 47.3 Å². The molecule has 0 radical (unpaired) electrons. The van der Waals surface area contributed by atoms with Crippen LogP contribution in [0.2, 0.25) is 0 Å². The highest BCUT2D eigenvalue weighted by Crippen LogP contribution is 2.31. The Kier molecular flexibility index (Phi) is 4.26. The normalized spacial score (nSPS) is 10.6. The first-order chi connectivity index (χ1) is 10.3. The van der Waals surface area contributed by atoms with Gasteiger partial charge in [-0.05, 0) is 51.1 Å². The Hall–Kier alpha value is -1.79. The molecule has 0 spiro atoms. The maximum Gasteiger partial charge on any atom is 0.181 e. The van der Waals surface area contributed by atoms with E-state index in [0.29, 0.717) is 0 Å². The molecule has 0 aliphatic heterocycles. The molecule has 4 nitrogen and oxygen atoms in total. The van der Waals surface area contributed by atoms with Gasteiger partial charge in [0.25, 0.3) is 0 Å². The number of benzene rings is 1. The summed E-state index contributed by atoms with van der Waals surface area (Å²) >= 11 is 5.14. The lowest BCUT2D eigenvalue weighted by Crippen LogP contribution is -2.00. The van der Waals surface area contributed by atoms with Crippen molar-refractivity contribution in [3.8, 4) is 17.1 Å². The van der Waals surface area contributed by atoms with Gasteiger partial charge in [-0.15, -0.1) is 11.3 Å². The van der Waals surface area contributed by atoms with Gasteiger partial charge in [-0.2, -0.15) is 0 Å². The van der Waals surface area contributed by atoms with E-state index in [4.69, 9.17) is 9.15 Å². The number of thiophene rings is 1. The second-order valence-corrected chi connectivity index (χ2v) is 6.68. The molecule has 0 saturated heterocycles. The summed E-state index contributed by atoms with van der Waals surface area (Å²) in [4.78, 5) is 3.94. The van der Waals surface area contributed by atoms with Crippen molar-refractivity contribution >= 4 is 33.0 Å². The van der Waals surface area contributed by atoms with E-state index in [1.165, 1.54) is 12.0 Å². The monoisotopic (exact) mass is 364 g/mol. The Morgan fingerprint density at radius 2 is 2.29 bits per heavy atom. The van der Waals surface area contributed by atoms with Crippen molar-refractivity contribution in [2.45, 2.75) is 6.54 Å². The summed E-state index contributed by atoms with van der Waals surface area (Å²) in [7, 11) is 1.66. The first-order valence-electron chi connectivity index (χ1n) is 6.30. The fourth-order valence-corrected chi connectivity index (χ4v) is 3.20. The number of ether oxygens (including phenoxy) is 1. The number of aromatic nitrogens is 1. The summed E-state index contributed by atoms with van der Waals surface area (Å²) in [5.41, 5.74) is 3.11. The number of nitrogens with one attached hydrogen (secondary N) is 1. The summed E-state index contributed by atoms with van der Waals surface area (Å²) < 4.78 is 11.9. The van der Waals surface area contributed by atoms with Gasteiger partial charge in [0.15, 0.2) is 12.2 Å². The molecule has 1 N–H and O–H groups in total. The minimum Gasteiger partial charge on any atom is -0.495 e. The molecule has 0 fully saturated rings. The zero-order chi connectivity index (χ0) is 14.7. The van der Waals surface area contributed by atoms with Crippen LogP contribution in [0.5, 0.6) is 5.75 Å². The summed E-state index contributed by atoms with van der Waals surface area (Å²) in [6.07, 6.45) is 3.12. The Balaban J connectivity index is 1.83. The van der Waals surface area contributed by atoms with Gasteiger partial charge in [0.2, 0.25) is 0 Å². The number of methoxy groups -OCH3 is 1. The average molecular weight is 365 g/mol. The number of nitrogens with zero attached hydrogens (tertiary/aromatic N) is 1. The van der Waals surface area contributed by atoms with E-state index in [-0.39, 0.29) is 0 Å². The van der Waals surface area contributed by atoms with E-state index in [1.54, 1.807) is 24.6 Å². The molecule has 2 heterocycles. The predicted molar refractivity (Wildman–Crippen MR) is 87.8 cm³/mol. The predicted octanol–water partition coefficient (Wildman–Crippen LogP) is 4.79. The second-order valence-electron chi connectivity index (χ2n) is 4.39. The molecule has 0 atom stereocenters. The number of anilines is 1. The van der Waals surface area contributed by atoms with E-state index >= 15 is 0 Å². The summed E-state index contributed by atoms with van der Waals surface area (Å²) in [5, 5.41) is 5.51. The summed E-state index contributed by atoms with van der Waals surface area (Å²) in [6, 6.07) is 7.97. The maximum absolute atomic E-state index is 5.40. The average Bonchev–Trinajstić information content (AvgIpc) is 3.16. The van der Waals surface area contributed by atoms with Crippen molar-refractivity contribution < 1.29 is 9.15 Å². The quantitative estimate of drug-likeness (QED) is 0.707.